The van der Waals surface area contributed by atoms with Crippen LogP contribution in [0.3, 0.4) is 0 Å². The van der Waals surface area contributed by atoms with Gasteiger partial charge in [0.25, 0.3) is 5.91 Å². The molecule has 1 amide bonds. The van der Waals surface area contributed by atoms with Crippen LogP contribution in [0.4, 0.5) is 11.6 Å². The molecule has 0 saturated carbocycles. The third-order valence-corrected chi connectivity index (χ3v) is 3.53. The van der Waals surface area contributed by atoms with Gasteiger partial charge in [0.2, 0.25) is 5.88 Å². The summed E-state index contributed by atoms with van der Waals surface area (Å²) in [6, 6.07) is 9.79. The van der Waals surface area contributed by atoms with Crippen molar-refractivity contribution in [1.82, 2.24) is 10.1 Å². The van der Waals surface area contributed by atoms with E-state index < -0.39 is 11.9 Å². The summed E-state index contributed by atoms with van der Waals surface area (Å²) >= 11 is 0. The van der Waals surface area contributed by atoms with Crippen LogP contribution in [-0.4, -0.2) is 28.6 Å². The van der Waals surface area contributed by atoms with Crippen molar-refractivity contribution in [2.75, 3.05) is 17.7 Å². The summed E-state index contributed by atoms with van der Waals surface area (Å²) in [7, 11) is 0. The lowest BCUT2D eigenvalue weighted by atomic mass is 10.1. The Kier molecular flexibility index (Phi) is 4.93. The molecule has 26 heavy (non-hydrogen) atoms. The number of anilines is 2. The molecule has 8 heteroatoms. The smallest absolute Gasteiger partial charge is 0.338 e. The van der Waals surface area contributed by atoms with E-state index in [4.69, 9.17) is 15.0 Å². The average molecular weight is 352 g/mol. The average Bonchev–Trinajstić information content (AvgIpc) is 3.04. The number of ether oxygens (including phenoxy) is 1. The molecular formula is C18H16N4O4. The number of amides is 1. The highest BCUT2D eigenvalue weighted by atomic mass is 16.5. The van der Waals surface area contributed by atoms with Gasteiger partial charge in [0, 0.05) is 23.6 Å². The van der Waals surface area contributed by atoms with Crippen molar-refractivity contribution in [2.45, 2.75) is 6.92 Å². The Morgan fingerprint density at radius 1 is 1.23 bits per heavy atom. The molecule has 0 aliphatic heterocycles. The Balaban J connectivity index is 1.87. The fourth-order valence-corrected chi connectivity index (χ4v) is 2.36. The summed E-state index contributed by atoms with van der Waals surface area (Å²) in [5.41, 5.74) is 7.58. The molecule has 132 valence electrons. The van der Waals surface area contributed by atoms with E-state index in [-0.39, 0.29) is 18.1 Å². The number of carbonyl (C=O) groups excluding carboxylic acids is 2. The van der Waals surface area contributed by atoms with E-state index in [1.807, 2.05) is 0 Å². The number of hydrogen-bond donors (Lipinski definition) is 2. The van der Waals surface area contributed by atoms with Gasteiger partial charge in [-0.1, -0.05) is 11.2 Å². The first-order valence-electron chi connectivity index (χ1n) is 7.84. The Morgan fingerprint density at radius 2 is 2.00 bits per heavy atom. The van der Waals surface area contributed by atoms with Crippen LogP contribution in [0.1, 0.15) is 27.6 Å². The molecule has 0 aliphatic rings. The number of rotatable bonds is 5. The van der Waals surface area contributed by atoms with Crippen LogP contribution in [-0.2, 0) is 4.74 Å². The maximum atomic E-state index is 12.7. The van der Waals surface area contributed by atoms with Crippen molar-refractivity contribution in [3.63, 3.8) is 0 Å². The predicted octanol–water partition coefficient (Wildman–Crippen LogP) is 2.75. The fourth-order valence-electron chi connectivity index (χ4n) is 2.36. The zero-order chi connectivity index (χ0) is 18.5. The number of benzene rings is 1. The van der Waals surface area contributed by atoms with E-state index in [2.05, 4.69) is 15.5 Å². The molecule has 8 nitrogen and oxygen atoms in total. The second kappa shape index (κ2) is 7.47. The van der Waals surface area contributed by atoms with Crippen LogP contribution in [0, 0.1) is 0 Å². The summed E-state index contributed by atoms with van der Waals surface area (Å²) in [5, 5.41) is 6.55. The number of nitrogen functional groups attached to an aromatic ring is 1. The predicted molar refractivity (Wildman–Crippen MR) is 94.5 cm³/mol. The van der Waals surface area contributed by atoms with Crippen LogP contribution >= 0.6 is 0 Å². The Labute approximate surface area is 149 Å². The maximum absolute atomic E-state index is 12.7. The first-order chi connectivity index (χ1) is 12.6. The number of pyridine rings is 1. The van der Waals surface area contributed by atoms with Crippen LogP contribution in [0.25, 0.3) is 11.3 Å². The fraction of sp³-hybridized carbons (Fsp3) is 0.111. The molecule has 1 aromatic carbocycles. The molecule has 0 aliphatic carbocycles. The van der Waals surface area contributed by atoms with Gasteiger partial charge < -0.3 is 20.3 Å². The highest BCUT2D eigenvalue weighted by Crippen LogP contribution is 2.27. The number of aromatic nitrogens is 2. The van der Waals surface area contributed by atoms with Crippen molar-refractivity contribution in [1.29, 1.82) is 0 Å². The standard InChI is InChI=1S/C18H16N4O4/c1-2-25-18(24)12-4-3-5-13(10-12)21-17(23)14-15(22-26-16(14)19)11-6-8-20-9-7-11/h3-10H,2,19H2,1H3,(H,21,23). The number of esters is 1. The number of hydrogen-bond acceptors (Lipinski definition) is 7. The molecule has 0 fully saturated rings. The third-order valence-electron chi connectivity index (χ3n) is 3.53. The number of nitrogens with two attached hydrogens (primary N) is 1. The number of carbonyl (C=O) groups is 2. The molecule has 2 aromatic heterocycles. The Hall–Kier alpha value is -3.68. The summed E-state index contributed by atoms with van der Waals surface area (Å²) in [6.07, 6.45) is 3.15. The van der Waals surface area contributed by atoms with Gasteiger partial charge in [0.1, 0.15) is 11.3 Å². The van der Waals surface area contributed by atoms with Crippen LogP contribution in [0.15, 0.2) is 53.3 Å². The van der Waals surface area contributed by atoms with Crippen LogP contribution in [0.2, 0.25) is 0 Å². The molecule has 0 spiro atoms. The summed E-state index contributed by atoms with van der Waals surface area (Å²) < 4.78 is 9.93. The Bertz CT molecular complexity index is 937. The van der Waals surface area contributed by atoms with Crippen LogP contribution in [0.5, 0.6) is 0 Å². The molecule has 0 saturated heterocycles. The van der Waals surface area contributed by atoms with Crippen molar-refractivity contribution in [3.05, 3.63) is 59.9 Å². The molecular weight excluding hydrogens is 336 g/mol. The number of nitrogens with zero attached hydrogens (tertiary/aromatic N) is 2. The second-order valence-electron chi connectivity index (χ2n) is 5.26. The van der Waals surface area contributed by atoms with Crippen molar-refractivity contribution in [2.24, 2.45) is 0 Å². The summed E-state index contributed by atoms with van der Waals surface area (Å²) in [6.45, 7) is 1.99. The van der Waals surface area contributed by atoms with E-state index in [1.165, 1.54) is 6.07 Å². The van der Waals surface area contributed by atoms with Gasteiger partial charge in [-0.15, -0.1) is 0 Å². The molecule has 2 heterocycles. The van der Waals surface area contributed by atoms with E-state index in [9.17, 15) is 9.59 Å². The van der Waals surface area contributed by atoms with E-state index >= 15 is 0 Å². The highest BCUT2D eigenvalue weighted by Gasteiger charge is 2.22. The van der Waals surface area contributed by atoms with E-state index in [1.54, 1.807) is 49.6 Å². The molecule has 3 N–H and O–H groups in total. The van der Waals surface area contributed by atoms with Crippen LogP contribution < -0.4 is 11.1 Å². The minimum Gasteiger partial charge on any atom is -0.462 e. The maximum Gasteiger partial charge on any atom is 0.338 e. The molecule has 3 rings (SSSR count). The minimum absolute atomic E-state index is 0.101. The first kappa shape index (κ1) is 17.2. The first-order valence-corrected chi connectivity index (χ1v) is 7.84. The lowest BCUT2D eigenvalue weighted by Gasteiger charge is -2.07. The van der Waals surface area contributed by atoms with Gasteiger partial charge in [-0.2, -0.15) is 0 Å². The third kappa shape index (κ3) is 3.54. The summed E-state index contributed by atoms with van der Waals surface area (Å²) in [5.74, 6) is -1.07. The topological polar surface area (TPSA) is 120 Å². The number of nitrogens with one attached hydrogen (secondary N) is 1. The zero-order valence-electron chi connectivity index (χ0n) is 13.9. The normalized spacial score (nSPS) is 10.3. The molecule has 0 bridgehead atoms. The van der Waals surface area contributed by atoms with Crippen molar-refractivity contribution < 1.29 is 18.8 Å². The zero-order valence-corrected chi connectivity index (χ0v) is 13.9. The largest absolute Gasteiger partial charge is 0.462 e. The quantitative estimate of drug-likeness (QED) is 0.677. The SMILES string of the molecule is CCOC(=O)c1cccc(NC(=O)c2c(-c3ccncc3)noc2N)c1. The Morgan fingerprint density at radius 3 is 2.73 bits per heavy atom. The van der Waals surface area contributed by atoms with Gasteiger partial charge in [0.15, 0.2) is 0 Å². The molecule has 3 aromatic rings. The lowest BCUT2D eigenvalue weighted by molar-refractivity contribution is 0.0526. The van der Waals surface area contributed by atoms with E-state index in [0.29, 0.717) is 22.5 Å². The van der Waals surface area contributed by atoms with Gasteiger partial charge >= 0.3 is 5.97 Å². The highest BCUT2D eigenvalue weighted by molar-refractivity contribution is 6.11. The minimum atomic E-state index is -0.503. The summed E-state index contributed by atoms with van der Waals surface area (Å²) in [4.78, 5) is 28.4. The van der Waals surface area contributed by atoms with Gasteiger partial charge in [-0.25, -0.2) is 4.79 Å². The van der Waals surface area contributed by atoms with Gasteiger partial charge in [-0.05, 0) is 37.3 Å². The van der Waals surface area contributed by atoms with Gasteiger partial charge in [0.05, 0.1) is 12.2 Å². The lowest BCUT2D eigenvalue weighted by Crippen LogP contribution is -2.14. The molecule has 0 atom stereocenters. The van der Waals surface area contributed by atoms with Crippen molar-refractivity contribution in [3.8, 4) is 11.3 Å². The van der Waals surface area contributed by atoms with E-state index in [0.717, 1.165) is 0 Å². The monoisotopic (exact) mass is 352 g/mol. The second-order valence-corrected chi connectivity index (χ2v) is 5.26. The van der Waals surface area contributed by atoms with Gasteiger partial charge in [-0.3, -0.25) is 9.78 Å². The molecule has 0 unspecified atom stereocenters. The molecule has 0 radical (unpaired) electrons. The van der Waals surface area contributed by atoms with Crippen molar-refractivity contribution >= 4 is 23.4 Å².